The van der Waals surface area contributed by atoms with Crippen LogP contribution in [0.1, 0.15) is 6.42 Å². The molecule has 1 fully saturated rings. The summed E-state index contributed by atoms with van der Waals surface area (Å²) in [5, 5.41) is 10.3. The lowest BCUT2D eigenvalue weighted by Gasteiger charge is -2.17. The van der Waals surface area contributed by atoms with E-state index in [1.807, 2.05) is 39.6 Å². The van der Waals surface area contributed by atoms with Crippen LogP contribution >= 0.6 is 11.3 Å². The number of hydrogen-bond acceptors (Lipinski definition) is 6. The van der Waals surface area contributed by atoms with Crippen molar-refractivity contribution in [2.75, 3.05) is 23.7 Å². The fraction of sp³-hybridized carbons (Fsp3) is 0.222. The molecule has 0 amide bonds. The first-order valence-electron chi connectivity index (χ1n) is 8.19. The number of nitrogen functional groups attached to an aromatic ring is 1. The van der Waals surface area contributed by atoms with Crippen molar-refractivity contribution >= 4 is 48.9 Å². The Hall–Kier alpha value is -2.64. The molecule has 25 heavy (non-hydrogen) atoms. The minimum atomic E-state index is -0.325. The van der Waals surface area contributed by atoms with Crippen molar-refractivity contribution in [3.63, 3.8) is 0 Å². The number of pyridine rings is 2. The Bertz CT molecular complexity index is 1200. The van der Waals surface area contributed by atoms with Gasteiger partial charge in [0.2, 0.25) is 5.43 Å². The van der Waals surface area contributed by atoms with Gasteiger partial charge in [0, 0.05) is 13.1 Å². The first kappa shape index (κ1) is 14.7. The molecule has 126 valence electrons. The van der Waals surface area contributed by atoms with Gasteiger partial charge in [0.25, 0.3) is 0 Å². The average Bonchev–Trinajstić information content (AvgIpc) is 3.23. The van der Waals surface area contributed by atoms with Crippen molar-refractivity contribution in [2.24, 2.45) is 0 Å². The Morgan fingerprint density at radius 3 is 2.88 bits per heavy atom. The number of hydrogen-bond donors (Lipinski definition) is 2. The van der Waals surface area contributed by atoms with Crippen molar-refractivity contribution in [1.82, 2.24) is 9.38 Å². The van der Waals surface area contributed by atoms with E-state index in [0.717, 1.165) is 33.8 Å². The normalized spacial score (nSPS) is 18.0. The van der Waals surface area contributed by atoms with Crippen LogP contribution in [0.15, 0.2) is 41.2 Å². The molecule has 1 saturated heterocycles. The van der Waals surface area contributed by atoms with E-state index in [0.29, 0.717) is 17.6 Å². The van der Waals surface area contributed by atoms with Crippen LogP contribution in [0, 0.1) is 0 Å². The fourth-order valence-corrected chi connectivity index (χ4v) is 4.62. The molecule has 1 aliphatic rings. The van der Waals surface area contributed by atoms with Gasteiger partial charge < -0.3 is 15.7 Å². The Morgan fingerprint density at radius 2 is 2.08 bits per heavy atom. The topological polar surface area (TPSA) is 83.9 Å². The van der Waals surface area contributed by atoms with Crippen molar-refractivity contribution in [3.05, 3.63) is 46.6 Å². The van der Waals surface area contributed by atoms with Crippen LogP contribution in [0.2, 0.25) is 0 Å². The predicted molar refractivity (Wildman–Crippen MR) is 102 cm³/mol. The van der Waals surface area contributed by atoms with Crippen molar-refractivity contribution in [1.29, 1.82) is 0 Å². The SMILES string of the molecule is Nc1c(=O)c2ccc(N3CCC(O)C3)nc2n2c1sc1ccccc12. The minimum absolute atomic E-state index is 0.179. The maximum atomic E-state index is 12.7. The van der Waals surface area contributed by atoms with Gasteiger partial charge in [-0.05, 0) is 30.7 Å². The number of anilines is 2. The highest BCUT2D eigenvalue weighted by atomic mass is 32.1. The molecular formula is C18H16N4O2S. The molecule has 3 N–H and O–H groups in total. The lowest BCUT2D eigenvalue weighted by molar-refractivity contribution is 0.198. The van der Waals surface area contributed by atoms with Crippen LogP contribution in [0.3, 0.4) is 0 Å². The molecule has 6 nitrogen and oxygen atoms in total. The molecule has 1 aliphatic heterocycles. The first-order chi connectivity index (χ1) is 12.1. The van der Waals surface area contributed by atoms with Crippen LogP contribution in [0.4, 0.5) is 11.5 Å². The number of aromatic nitrogens is 2. The maximum Gasteiger partial charge on any atom is 0.215 e. The molecule has 7 heteroatoms. The van der Waals surface area contributed by atoms with Crippen LogP contribution in [-0.2, 0) is 0 Å². The molecule has 0 radical (unpaired) electrons. The van der Waals surface area contributed by atoms with E-state index in [4.69, 9.17) is 10.7 Å². The average molecular weight is 352 g/mol. The second-order valence-corrected chi connectivity index (χ2v) is 7.41. The van der Waals surface area contributed by atoms with Crippen molar-refractivity contribution in [2.45, 2.75) is 12.5 Å². The van der Waals surface area contributed by atoms with Gasteiger partial charge in [0.15, 0.2) is 5.65 Å². The zero-order chi connectivity index (χ0) is 17.1. The van der Waals surface area contributed by atoms with Gasteiger partial charge in [0.05, 0.1) is 21.7 Å². The predicted octanol–water partition coefficient (Wildman–Crippen LogP) is 2.22. The lowest BCUT2D eigenvalue weighted by Crippen LogP contribution is -2.22. The summed E-state index contributed by atoms with van der Waals surface area (Å²) >= 11 is 1.50. The number of aliphatic hydroxyl groups is 1. The van der Waals surface area contributed by atoms with Gasteiger partial charge in [-0.2, -0.15) is 0 Å². The van der Waals surface area contributed by atoms with Crippen LogP contribution in [0.5, 0.6) is 0 Å². The Morgan fingerprint density at radius 1 is 1.24 bits per heavy atom. The molecule has 4 heterocycles. The minimum Gasteiger partial charge on any atom is -0.393 e. The number of fused-ring (bicyclic) bond motifs is 5. The smallest absolute Gasteiger partial charge is 0.215 e. The molecule has 3 aromatic heterocycles. The van der Waals surface area contributed by atoms with Crippen LogP contribution in [-0.4, -0.2) is 33.7 Å². The largest absolute Gasteiger partial charge is 0.393 e. The second kappa shape index (κ2) is 5.18. The zero-order valence-electron chi connectivity index (χ0n) is 13.3. The molecule has 5 rings (SSSR count). The molecular weight excluding hydrogens is 336 g/mol. The van der Waals surface area contributed by atoms with Gasteiger partial charge in [0.1, 0.15) is 16.3 Å². The molecule has 0 spiro atoms. The maximum absolute atomic E-state index is 12.7. The molecule has 0 aliphatic carbocycles. The second-order valence-electron chi connectivity index (χ2n) is 6.38. The number of aliphatic hydroxyl groups excluding tert-OH is 1. The van der Waals surface area contributed by atoms with Gasteiger partial charge in [-0.15, -0.1) is 11.3 Å². The number of thiazole rings is 1. The molecule has 0 bridgehead atoms. The molecule has 0 saturated carbocycles. The van der Waals surface area contributed by atoms with E-state index in [2.05, 4.69) is 0 Å². The highest BCUT2D eigenvalue weighted by Crippen LogP contribution is 2.32. The summed E-state index contributed by atoms with van der Waals surface area (Å²) in [6.07, 6.45) is 0.409. The number of nitrogens with two attached hydrogens (primary N) is 1. The van der Waals surface area contributed by atoms with Gasteiger partial charge >= 0.3 is 0 Å². The van der Waals surface area contributed by atoms with Gasteiger partial charge in [-0.25, -0.2) is 4.98 Å². The zero-order valence-corrected chi connectivity index (χ0v) is 14.2. The van der Waals surface area contributed by atoms with Crippen molar-refractivity contribution < 1.29 is 5.11 Å². The molecule has 1 atom stereocenters. The van der Waals surface area contributed by atoms with Crippen LogP contribution < -0.4 is 16.1 Å². The standard InChI is InChI=1S/C18H16N4O2S/c19-15-16(24)11-5-6-14(21-8-7-10(23)9-21)20-17(11)22-12-3-1-2-4-13(12)25-18(15)22/h1-6,10,23H,7-9,19H2. The molecule has 1 unspecified atom stereocenters. The third-order valence-electron chi connectivity index (χ3n) is 4.80. The van der Waals surface area contributed by atoms with Gasteiger partial charge in [-0.1, -0.05) is 12.1 Å². The Labute approximate surface area is 146 Å². The van der Waals surface area contributed by atoms with E-state index < -0.39 is 0 Å². The summed E-state index contributed by atoms with van der Waals surface area (Å²) in [7, 11) is 0. The number of rotatable bonds is 1. The fourth-order valence-electron chi connectivity index (χ4n) is 3.53. The Balaban J connectivity index is 1.89. The third-order valence-corrected chi connectivity index (χ3v) is 5.96. The monoisotopic (exact) mass is 352 g/mol. The molecule has 4 aromatic rings. The van der Waals surface area contributed by atoms with E-state index in [1.54, 1.807) is 6.07 Å². The van der Waals surface area contributed by atoms with E-state index >= 15 is 0 Å². The lowest BCUT2D eigenvalue weighted by atomic mass is 10.2. The van der Waals surface area contributed by atoms with E-state index in [1.165, 1.54) is 11.3 Å². The summed E-state index contributed by atoms with van der Waals surface area (Å²) in [5.41, 5.74) is 7.82. The highest BCUT2D eigenvalue weighted by molar-refractivity contribution is 7.24. The summed E-state index contributed by atoms with van der Waals surface area (Å²) in [6, 6.07) is 11.6. The summed E-state index contributed by atoms with van der Waals surface area (Å²) < 4.78 is 3.03. The number of β-amino-alcohol motifs (C(OH)–C–C–N with tert-alkyl or cyclic N) is 1. The number of benzene rings is 1. The van der Waals surface area contributed by atoms with Crippen LogP contribution in [0.25, 0.3) is 26.1 Å². The first-order valence-corrected chi connectivity index (χ1v) is 9.00. The highest BCUT2D eigenvalue weighted by Gasteiger charge is 2.23. The van der Waals surface area contributed by atoms with Gasteiger partial charge in [-0.3, -0.25) is 9.20 Å². The number of para-hydroxylation sites is 1. The quantitative estimate of drug-likeness (QED) is 0.549. The summed E-state index contributed by atoms with van der Waals surface area (Å²) in [5.74, 6) is 0.775. The third kappa shape index (κ3) is 2.06. The van der Waals surface area contributed by atoms with E-state index in [-0.39, 0.29) is 17.2 Å². The van der Waals surface area contributed by atoms with Crippen molar-refractivity contribution in [3.8, 4) is 0 Å². The number of nitrogens with zero attached hydrogens (tertiary/aromatic N) is 3. The summed E-state index contributed by atoms with van der Waals surface area (Å²) in [4.78, 5) is 20.2. The van der Waals surface area contributed by atoms with E-state index in [9.17, 15) is 9.90 Å². The molecule has 1 aromatic carbocycles. The Kier molecular flexibility index (Phi) is 3.04. The summed E-state index contributed by atoms with van der Waals surface area (Å²) in [6.45, 7) is 1.33.